The number of carbonyl (C=O) groups is 2. The van der Waals surface area contributed by atoms with Crippen LogP contribution in [0.1, 0.15) is 21.5 Å². The van der Waals surface area contributed by atoms with E-state index in [4.69, 9.17) is 5.11 Å². The van der Waals surface area contributed by atoms with E-state index in [1.165, 1.54) is 18.2 Å². The first-order valence-corrected chi connectivity index (χ1v) is 9.77. The van der Waals surface area contributed by atoms with Gasteiger partial charge in [-0.15, -0.1) is 0 Å². The van der Waals surface area contributed by atoms with Gasteiger partial charge in [-0.1, -0.05) is 24.3 Å². The Morgan fingerprint density at radius 3 is 2.58 bits per heavy atom. The molecule has 1 unspecified atom stereocenters. The number of aromatic carboxylic acids is 1. The molecule has 0 aromatic heterocycles. The Kier molecular flexibility index (Phi) is 4.69. The van der Waals surface area contributed by atoms with Crippen molar-refractivity contribution >= 4 is 33.1 Å². The third kappa shape index (κ3) is 3.85. The molecule has 0 fully saturated rings. The van der Waals surface area contributed by atoms with E-state index in [9.17, 15) is 18.0 Å². The van der Waals surface area contributed by atoms with Gasteiger partial charge in [-0.2, -0.15) is 0 Å². The number of amides is 1. The zero-order valence-electron chi connectivity index (χ0n) is 14.0. The molecule has 0 saturated heterocycles. The number of carboxylic acid groups (broad SMARTS) is 1. The normalized spacial score (nSPS) is 16.3. The molecule has 3 rings (SSSR count). The van der Waals surface area contributed by atoms with Gasteiger partial charge in [0.1, 0.15) is 6.04 Å². The molecule has 0 saturated carbocycles. The van der Waals surface area contributed by atoms with Gasteiger partial charge in [0, 0.05) is 0 Å². The Balaban J connectivity index is 1.77. The first-order chi connectivity index (χ1) is 12.2. The van der Waals surface area contributed by atoms with Crippen molar-refractivity contribution in [1.29, 1.82) is 0 Å². The van der Waals surface area contributed by atoms with Crippen LogP contribution in [0.4, 0.5) is 11.4 Å². The van der Waals surface area contributed by atoms with Gasteiger partial charge in [-0.25, -0.2) is 13.2 Å². The topological polar surface area (TPSA) is 113 Å². The molecule has 2 aromatic carbocycles. The van der Waals surface area contributed by atoms with E-state index < -0.39 is 27.8 Å². The fourth-order valence-electron chi connectivity index (χ4n) is 2.82. The van der Waals surface area contributed by atoms with Crippen LogP contribution in [0, 0.1) is 6.92 Å². The Morgan fingerprint density at radius 2 is 1.88 bits per heavy atom. The maximum absolute atomic E-state index is 12.5. The first-order valence-electron chi connectivity index (χ1n) is 7.95. The zero-order valence-corrected chi connectivity index (χ0v) is 14.8. The van der Waals surface area contributed by atoms with Crippen LogP contribution in [-0.2, 0) is 20.4 Å². The average Bonchev–Trinajstić information content (AvgIpc) is 2.56. The lowest BCUT2D eigenvalue weighted by atomic mass is 10.1. The molecule has 26 heavy (non-hydrogen) atoms. The van der Waals surface area contributed by atoms with Gasteiger partial charge in [0.05, 0.1) is 28.4 Å². The van der Waals surface area contributed by atoms with E-state index in [1.807, 2.05) is 19.1 Å². The van der Waals surface area contributed by atoms with Gasteiger partial charge < -0.3 is 15.7 Å². The van der Waals surface area contributed by atoms with E-state index in [-0.39, 0.29) is 17.1 Å². The molecule has 8 heteroatoms. The van der Waals surface area contributed by atoms with Crippen molar-refractivity contribution in [2.45, 2.75) is 18.7 Å². The fraction of sp³-hybridized carbons (Fsp3) is 0.222. The highest BCUT2D eigenvalue weighted by atomic mass is 32.2. The lowest BCUT2D eigenvalue weighted by molar-refractivity contribution is -0.116. The van der Waals surface area contributed by atoms with Crippen molar-refractivity contribution in [3.63, 3.8) is 0 Å². The van der Waals surface area contributed by atoms with Crippen LogP contribution in [0.3, 0.4) is 0 Å². The lowest BCUT2D eigenvalue weighted by Crippen LogP contribution is -2.43. The molecule has 1 amide bonds. The summed E-state index contributed by atoms with van der Waals surface area (Å²) in [4.78, 5) is 23.3. The predicted octanol–water partition coefficient (Wildman–Crippen LogP) is 2.04. The second kappa shape index (κ2) is 6.80. The molecule has 1 heterocycles. The molecule has 0 bridgehead atoms. The second-order valence-electron chi connectivity index (χ2n) is 6.23. The third-order valence-corrected chi connectivity index (χ3v) is 5.82. The minimum absolute atomic E-state index is 0.0384. The predicted molar refractivity (Wildman–Crippen MR) is 98.1 cm³/mol. The highest BCUT2D eigenvalue weighted by molar-refractivity contribution is 7.90. The monoisotopic (exact) mass is 374 g/mol. The summed E-state index contributed by atoms with van der Waals surface area (Å²) < 4.78 is 25.0. The second-order valence-corrected chi connectivity index (χ2v) is 8.34. The van der Waals surface area contributed by atoms with E-state index in [1.54, 1.807) is 12.1 Å². The van der Waals surface area contributed by atoms with E-state index in [0.29, 0.717) is 16.9 Å². The minimum Gasteiger partial charge on any atom is -0.478 e. The Morgan fingerprint density at radius 1 is 1.15 bits per heavy atom. The van der Waals surface area contributed by atoms with E-state index in [0.717, 1.165) is 5.56 Å². The molecule has 1 atom stereocenters. The number of nitrogens with one attached hydrogen (secondary N) is 2. The molecule has 1 aliphatic rings. The molecule has 0 radical (unpaired) electrons. The number of hydrogen-bond acceptors (Lipinski definition) is 5. The molecule has 7 nitrogen and oxygen atoms in total. The SMILES string of the molecule is Cc1ccccc1CS(=O)(=O)CC1Nc2ccc(C(=O)O)cc2NC1=O. The number of aryl methyl sites for hydroxylation is 1. The number of rotatable bonds is 5. The van der Waals surface area contributed by atoms with Crippen LogP contribution in [0.5, 0.6) is 0 Å². The van der Waals surface area contributed by atoms with Crippen LogP contribution in [0.2, 0.25) is 0 Å². The number of carbonyl (C=O) groups excluding carboxylic acids is 1. The number of carboxylic acids is 1. The van der Waals surface area contributed by atoms with Gasteiger partial charge in [-0.3, -0.25) is 4.79 Å². The quantitative estimate of drug-likeness (QED) is 0.738. The molecule has 0 aliphatic carbocycles. The molecular weight excluding hydrogens is 356 g/mol. The number of anilines is 2. The lowest BCUT2D eigenvalue weighted by Gasteiger charge is -2.27. The summed E-state index contributed by atoms with van der Waals surface area (Å²) in [5, 5.41) is 14.5. The maximum Gasteiger partial charge on any atom is 0.335 e. The smallest absolute Gasteiger partial charge is 0.335 e. The number of hydrogen-bond donors (Lipinski definition) is 3. The van der Waals surface area contributed by atoms with Gasteiger partial charge in [0.25, 0.3) is 0 Å². The van der Waals surface area contributed by atoms with Gasteiger partial charge in [0.2, 0.25) is 5.91 Å². The standard InChI is InChI=1S/C18H18N2O5S/c1-11-4-2-3-5-13(11)9-26(24,25)10-16-17(21)20-15-8-12(18(22)23)6-7-14(15)19-16/h2-8,16,19H,9-10H2,1H3,(H,20,21)(H,22,23). The number of sulfone groups is 1. The molecular formula is C18H18N2O5S. The van der Waals surface area contributed by atoms with Crippen LogP contribution in [-0.4, -0.2) is 37.2 Å². The first kappa shape index (κ1) is 17.9. The van der Waals surface area contributed by atoms with Gasteiger partial charge >= 0.3 is 5.97 Å². The van der Waals surface area contributed by atoms with Crippen LogP contribution in [0.15, 0.2) is 42.5 Å². The molecule has 136 valence electrons. The Bertz CT molecular complexity index is 985. The van der Waals surface area contributed by atoms with E-state index >= 15 is 0 Å². The van der Waals surface area contributed by atoms with Crippen LogP contribution < -0.4 is 10.6 Å². The average molecular weight is 374 g/mol. The summed E-state index contributed by atoms with van der Waals surface area (Å²) >= 11 is 0. The van der Waals surface area contributed by atoms with Crippen molar-refractivity contribution in [2.24, 2.45) is 0 Å². The summed E-state index contributed by atoms with van der Waals surface area (Å²) in [5.41, 5.74) is 2.43. The molecule has 3 N–H and O–H groups in total. The van der Waals surface area contributed by atoms with E-state index in [2.05, 4.69) is 10.6 Å². The van der Waals surface area contributed by atoms with Gasteiger partial charge in [0.15, 0.2) is 9.84 Å². The summed E-state index contributed by atoms with van der Waals surface area (Å²) in [7, 11) is -3.53. The number of fused-ring (bicyclic) bond motifs is 1. The highest BCUT2D eigenvalue weighted by Crippen LogP contribution is 2.28. The summed E-state index contributed by atoms with van der Waals surface area (Å²) in [6.45, 7) is 1.84. The van der Waals surface area contributed by atoms with Crippen LogP contribution in [0.25, 0.3) is 0 Å². The van der Waals surface area contributed by atoms with Crippen molar-refractivity contribution in [3.8, 4) is 0 Å². The number of benzene rings is 2. The molecule has 2 aromatic rings. The maximum atomic E-state index is 12.5. The zero-order chi connectivity index (χ0) is 18.9. The van der Waals surface area contributed by atoms with Crippen molar-refractivity contribution in [1.82, 2.24) is 0 Å². The van der Waals surface area contributed by atoms with Crippen LogP contribution >= 0.6 is 0 Å². The molecule has 1 aliphatic heterocycles. The largest absolute Gasteiger partial charge is 0.478 e. The van der Waals surface area contributed by atoms with Crippen molar-refractivity contribution < 1.29 is 23.1 Å². The Hall–Kier alpha value is -2.87. The highest BCUT2D eigenvalue weighted by Gasteiger charge is 2.30. The Labute approximate surface area is 151 Å². The fourth-order valence-corrected chi connectivity index (χ4v) is 4.48. The summed E-state index contributed by atoms with van der Waals surface area (Å²) in [6, 6.07) is 10.5. The third-order valence-electron chi connectivity index (χ3n) is 4.23. The molecule has 0 spiro atoms. The summed E-state index contributed by atoms with van der Waals surface area (Å²) in [5.74, 6) is -2.11. The van der Waals surface area contributed by atoms with Crippen molar-refractivity contribution in [2.75, 3.05) is 16.4 Å². The summed E-state index contributed by atoms with van der Waals surface area (Å²) in [6.07, 6.45) is 0. The van der Waals surface area contributed by atoms with Gasteiger partial charge in [-0.05, 0) is 36.2 Å². The minimum atomic E-state index is -3.53. The van der Waals surface area contributed by atoms with Crippen molar-refractivity contribution in [3.05, 3.63) is 59.2 Å².